The highest BCUT2D eigenvalue weighted by Crippen LogP contribution is 2.42. The summed E-state index contributed by atoms with van der Waals surface area (Å²) in [7, 11) is 0. The predicted molar refractivity (Wildman–Crippen MR) is 106 cm³/mol. The van der Waals surface area contributed by atoms with E-state index in [1.165, 1.54) is 22.7 Å². The van der Waals surface area contributed by atoms with Crippen molar-refractivity contribution in [2.24, 2.45) is 0 Å². The van der Waals surface area contributed by atoms with Crippen molar-refractivity contribution in [3.63, 3.8) is 0 Å². The summed E-state index contributed by atoms with van der Waals surface area (Å²) in [6, 6.07) is 12.5. The van der Waals surface area contributed by atoms with Crippen LogP contribution in [0.15, 0.2) is 47.8 Å². The van der Waals surface area contributed by atoms with Crippen LogP contribution in [0.1, 0.15) is 39.0 Å². The van der Waals surface area contributed by atoms with Crippen LogP contribution in [-0.2, 0) is 11.2 Å². The fourth-order valence-electron chi connectivity index (χ4n) is 2.67. The molecular formula is C19H18N4O2S2. The third-order valence-electron chi connectivity index (χ3n) is 4.25. The van der Waals surface area contributed by atoms with E-state index in [0.717, 1.165) is 23.4 Å². The van der Waals surface area contributed by atoms with Crippen molar-refractivity contribution < 1.29 is 9.59 Å². The maximum absolute atomic E-state index is 12.8. The van der Waals surface area contributed by atoms with Gasteiger partial charge in [0.2, 0.25) is 11.0 Å². The number of hydrogen-bond acceptors (Lipinski definition) is 6. The molecule has 1 atom stereocenters. The Balaban J connectivity index is 1.48. The van der Waals surface area contributed by atoms with Crippen LogP contribution < -0.4 is 10.6 Å². The minimum absolute atomic E-state index is 0.253. The molecule has 27 heavy (non-hydrogen) atoms. The van der Waals surface area contributed by atoms with Crippen LogP contribution in [0.25, 0.3) is 0 Å². The van der Waals surface area contributed by atoms with Gasteiger partial charge in [-0.25, -0.2) is 0 Å². The molecule has 1 aliphatic rings. The maximum atomic E-state index is 12.8. The van der Waals surface area contributed by atoms with Crippen LogP contribution in [0, 0.1) is 0 Å². The van der Waals surface area contributed by atoms with Crippen molar-refractivity contribution in [2.75, 3.05) is 5.32 Å². The van der Waals surface area contributed by atoms with Gasteiger partial charge in [-0.2, -0.15) is 0 Å². The molecule has 0 saturated heterocycles. The lowest BCUT2D eigenvalue weighted by Crippen LogP contribution is -2.45. The minimum atomic E-state index is -0.699. The Morgan fingerprint density at radius 2 is 1.93 bits per heavy atom. The molecule has 4 rings (SSSR count). The topological polar surface area (TPSA) is 84.0 Å². The highest BCUT2D eigenvalue weighted by atomic mass is 32.1. The van der Waals surface area contributed by atoms with Crippen LogP contribution in [0.4, 0.5) is 5.13 Å². The van der Waals surface area contributed by atoms with E-state index in [0.29, 0.717) is 22.3 Å². The Hall–Kier alpha value is -2.58. The largest absolute Gasteiger partial charge is 0.339 e. The van der Waals surface area contributed by atoms with Crippen LogP contribution in [-0.4, -0.2) is 28.1 Å². The number of aromatic nitrogens is 2. The van der Waals surface area contributed by atoms with Crippen molar-refractivity contribution in [1.82, 2.24) is 15.5 Å². The maximum Gasteiger partial charge on any atom is 0.262 e. The van der Waals surface area contributed by atoms with Crippen LogP contribution in [0.5, 0.6) is 0 Å². The number of hydrogen-bond donors (Lipinski definition) is 2. The van der Waals surface area contributed by atoms with Crippen LogP contribution in [0.2, 0.25) is 0 Å². The first-order chi connectivity index (χ1) is 13.2. The summed E-state index contributed by atoms with van der Waals surface area (Å²) in [5.74, 6) is -0.0499. The average Bonchev–Trinajstić information content (AvgIpc) is 3.18. The second kappa shape index (κ2) is 7.98. The molecule has 0 unspecified atom stereocenters. The van der Waals surface area contributed by atoms with E-state index < -0.39 is 6.04 Å². The molecule has 0 spiro atoms. The van der Waals surface area contributed by atoms with Crippen molar-refractivity contribution in [3.05, 3.63) is 63.3 Å². The number of benzene rings is 1. The zero-order valence-corrected chi connectivity index (χ0v) is 16.1. The molecular weight excluding hydrogens is 380 g/mol. The van der Waals surface area contributed by atoms with Gasteiger partial charge < -0.3 is 5.32 Å². The molecule has 1 aliphatic carbocycles. The van der Waals surface area contributed by atoms with Gasteiger partial charge in [0.15, 0.2) is 0 Å². The number of nitrogens with one attached hydrogen (secondary N) is 2. The molecule has 0 bridgehead atoms. The van der Waals surface area contributed by atoms with Crippen molar-refractivity contribution >= 4 is 39.6 Å². The van der Waals surface area contributed by atoms with E-state index in [2.05, 4.69) is 20.8 Å². The first-order valence-corrected chi connectivity index (χ1v) is 10.4. The summed E-state index contributed by atoms with van der Waals surface area (Å²) >= 11 is 2.75. The normalized spacial score (nSPS) is 14.5. The van der Waals surface area contributed by atoms with Gasteiger partial charge in [-0.05, 0) is 29.9 Å². The highest BCUT2D eigenvalue weighted by molar-refractivity contribution is 7.15. The summed E-state index contributed by atoms with van der Waals surface area (Å²) < 4.78 is 0. The zero-order valence-electron chi connectivity index (χ0n) is 14.4. The lowest BCUT2D eigenvalue weighted by Gasteiger charge is -2.17. The molecule has 8 heteroatoms. The summed E-state index contributed by atoms with van der Waals surface area (Å²) in [6.45, 7) is 0. The summed E-state index contributed by atoms with van der Waals surface area (Å²) in [6.07, 6.45) is 2.67. The Morgan fingerprint density at radius 1 is 1.11 bits per heavy atom. The molecule has 2 amide bonds. The number of carbonyl (C=O) groups is 2. The second-order valence-electron chi connectivity index (χ2n) is 6.40. The lowest BCUT2D eigenvalue weighted by molar-refractivity contribution is -0.118. The molecule has 138 valence electrons. The third-order valence-corrected chi connectivity index (χ3v) is 6.12. The Bertz CT molecular complexity index is 920. The quantitative estimate of drug-likeness (QED) is 0.638. The van der Waals surface area contributed by atoms with E-state index >= 15 is 0 Å². The molecule has 0 radical (unpaired) electrons. The van der Waals surface area contributed by atoms with E-state index in [4.69, 9.17) is 0 Å². The van der Waals surface area contributed by atoms with Crippen molar-refractivity contribution in [3.8, 4) is 0 Å². The molecule has 3 aromatic rings. The summed E-state index contributed by atoms with van der Waals surface area (Å²) in [5, 5.41) is 17.1. The lowest BCUT2D eigenvalue weighted by atomic mass is 10.1. The van der Waals surface area contributed by atoms with Gasteiger partial charge in [-0.3, -0.25) is 14.9 Å². The number of thiophene rings is 1. The molecule has 2 N–H and O–H groups in total. The number of amides is 2. The molecule has 2 aromatic heterocycles. The van der Waals surface area contributed by atoms with Gasteiger partial charge in [-0.1, -0.05) is 47.7 Å². The number of anilines is 1. The molecule has 0 aliphatic heterocycles. The van der Waals surface area contributed by atoms with Crippen molar-refractivity contribution in [2.45, 2.75) is 31.2 Å². The smallest absolute Gasteiger partial charge is 0.262 e. The number of carbonyl (C=O) groups excluding carboxylic acids is 2. The molecule has 6 nitrogen and oxygen atoms in total. The van der Waals surface area contributed by atoms with Crippen LogP contribution in [0.3, 0.4) is 0 Å². The standard InChI is InChI=1S/C19H18N4O2S2/c24-16(21-19-23-22-18(27-19)13-8-9-13)14(11-12-5-2-1-3-6-12)20-17(25)15-7-4-10-26-15/h1-7,10,13-14H,8-9,11H2,(H,20,25)(H,21,23,24)/t14-/m1/s1. The second-order valence-corrected chi connectivity index (χ2v) is 8.36. The Labute approximate surface area is 164 Å². The molecule has 1 aromatic carbocycles. The SMILES string of the molecule is O=C(N[C@H](Cc1ccccc1)C(=O)Nc1nnc(C2CC2)s1)c1cccs1. The van der Waals surface area contributed by atoms with Crippen molar-refractivity contribution in [1.29, 1.82) is 0 Å². The predicted octanol–water partition coefficient (Wildman–Crippen LogP) is 3.46. The molecule has 1 saturated carbocycles. The molecule has 2 heterocycles. The van der Waals surface area contributed by atoms with E-state index in [9.17, 15) is 9.59 Å². The fraction of sp³-hybridized carbons (Fsp3) is 0.263. The van der Waals surface area contributed by atoms with Gasteiger partial charge in [0.05, 0.1) is 4.88 Å². The van der Waals surface area contributed by atoms with Gasteiger partial charge in [0.1, 0.15) is 11.0 Å². The van der Waals surface area contributed by atoms with E-state index in [-0.39, 0.29) is 11.8 Å². The van der Waals surface area contributed by atoms with Crippen LogP contribution >= 0.6 is 22.7 Å². The summed E-state index contributed by atoms with van der Waals surface area (Å²) in [5.41, 5.74) is 0.972. The van der Waals surface area contributed by atoms with Gasteiger partial charge in [-0.15, -0.1) is 21.5 Å². The fourth-order valence-corrected chi connectivity index (χ4v) is 4.21. The zero-order chi connectivity index (χ0) is 18.6. The van der Waals surface area contributed by atoms with Gasteiger partial charge in [0.25, 0.3) is 5.91 Å². The average molecular weight is 399 g/mol. The monoisotopic (exact) mass is 398 g/mol. The Kier molecular flexibility index (Phi) is 5.26. The number of nitrogens with zero attached hydrogens (tertiary/aromatic N) is 2. The summed E-state index contributed by atoms with van der Waals surface area (Å²) in [4.78, 5) is 25.9. The Morgan fingerprint density at radius 3 is 2.63 bits per heavy atom. The highest BCUT2D eigenvalue weighted by Gasteiger charge is 2.29. The number of rotatable bonds is 7. The van der Waals surface area contributed by atoms with Gasteiger partial charge in [0, 0.05) is 12.3 Å². The van der Waals surface area contributed by atoms with Gasteiger partial charge >= 0.3 is 0 Å². The first kappa shape index (κ1) is 17.8. The first-order valence-electron chi connectivity index (χ1n) is 8.71. The van der Waals surface area contributed by atoms with E-state index in [1.54, 1.807) is 6.07 Å². The van der Waals surface area contributed by atoms with E-state index in [1.807, 2.05) is 41.8 Å². The molecule has 1 fully saturated rings. The third kappa shape index (κ3) is 4.58. The minimum Gasteiger partial charge on any atom is -0.339 e.